The maximum Gasteiger partial charge on any atom is 0.271 e. The van der Waals surface area contributed by atoms with E-state index < -0.39 is 12.2 Å². The van der Waals surface area contributed by atoms with Gasteiger partial charge in [-0.25, -0.2) is 4.98 Å². The zero-order valence-electron chi connectivity index (χ0n) is 13.4. The molecule has 25 heavy (non-hydrogen) atoms. The molecule has 0 radical (unpaired) electrons. The third-order valence-corrected chi connectivity index (χ3v) is 4.57. The highest BCUT2D eigenvalue weighted by Crippen LogP contribution is 2.34. The van der Waals surface area contributed by atoms with Crippen molar-refractivity contribution in [2.24, 2.45) is 0 Å². The van der Waals surface area contributed by atoms with E-state index in [1.54, 1.807) is 18.5 Å². The lowest BCUT2D eigenvalue weighted by Gasteiger charge is -2.30. The summed E-state index contributed by atoms with van der Waals surface area (Å²) < 4.78 is 11.6. The molecule has 7 heteroatoms. The second kappa shape index (κ2) is 6.52. The number of hydrogen-bond donors (Lipinski definition) is 1. The second-order valence-electron chi connectivity index (χ2n) is 5.57. The van der Waals surface area contributed by atoms with E-state index in [1.807, 2.05) is 42.6 Å². The van der Waals surface area contributed by atoms with E-state index in [4.69, 9.17) is 9.47 Å². The molecule has 0 aliphatic carbocycles. The molecule has 0 fully saturated rings. The van der Waals surface area contributed by atoms with E-state index >= 15 is 0 Å². The third kappa shape index (κ3) is 3.18. The number of ether oxygens (including phenoxy) is 2. The number of rotatable bonds is 3. The summed E-state index contributed by atoms with van der Waals surface area (Å²) in [5.41, 5.74) is 1.74. The average molecular weight is 353 g/mol. The Bertz CT molecular complexity index is 897. The van der Waals surface area contributed by atoms with Crippen LogP contribution in [0.3, 0.4) is 0 Å². The molecule has 1 aliphatic rings. The van der Waals surface area contributed by atoms with Crippen molar-refractivity contribution >= 4 is 22.4 Å². The van der Waals surface area contributed by atoms with Crippen LogP contribution in [0.25, 0.3) is 11.3 Å². The molecule has 2 aromatic heterocycles. The molecular weight excluding hydrogens is 338 g/mol. The molecule has 6 nitrogen and oxygen atoms in total. The minimum absolute atomic E-state index is 0.280. The maximum absolute atomic E-state index is 12.6. The molecule has 4 rings (SSSR count). The lowest BCUT2D eigenvalue weighted by molar-refractivity contribution is -0.128. The van der Waals surface area contributed by atoms with E-state index in [0.717, 1.165) is 11.3 Å². The molecule has 0 bridgehead atoms. The Hall–Kier alpha value is -2.93. The topological polar surface area (TPSA) is 73.3 Å². The summed E-state index contributed by atoms with van der Waals surface area (Å²) in [6.07, 6.45) is 2.29. The fraction of sp³-hybridized carbons (Fsp3) is 0.167. The molecule has 2 atom stereocenters. The number of thiazole rings is 1. The first-order valence-electron chi connectivity index (χ1n) is 7.80. The highest BCUT2D eigenvalue weighted by atomic mass is 32.1. The molecule has 1 aromatic carbocycles. The Balaban J connectivity index is 1.48. The Labute approximate surface area is 148 Å². The summed E-state index contributed by atoms with van der Waals surface area (Å²) in [7, 11) is 0. The van der Waals surface area contributed by atoms with Crippen molar-refractivity contribution in [2.75, 3.05) is 5.32 Å². The summed E-state index contributed by atoms with van der Waals surface area (Å²) in [5.74, 6) is 0.934. The molecule has 1 amide bonds. The number of amides is 1. The summed E-state index contributed by atoms with van der Waals surface area (Å²) >= 11 is 1.36. The normalized spacial score (nSPS) is 18.6. The fourth-order valence-electron chi connectivity index (χ4n) is 2.57. The molecule has 126 valence electrons. The van der Waals surface area contributed by atoms with Crippen LogP contribution >= 0.6 is 11.3 Å². The van der Waals surface area contributed by atoms with Crippen molar-refractivity contribution in [1.82, 2.24) is 9.97 Å². The molecule has 0 saturated heterocycles. The summed E-state index contributed by atoms with van der Waals surface area (Å²) in [6.45, 7) is 1.81. The number of carbonyl (C=O) groups is 1. The van der Waals surface area contributed by atoms with Gasteiger partial charge in [0.25, 0.3) is 5.91 Å². The Morgan fingerprint density at radius 3 is 2.60 bits per heavy atom. The summed E-state index contributed by atoms with van der Waals surface area (Å²) in [6, 6.07) is 11.1. The van der Waals surface area contributed by atoms with Crippen LogP contribution in [0.4, 0.5) is 5.13 Å². The monoisotopic (exact) mass is 353 g/mol. The van der Waals surface area contributed by atoms with Gasteiger partial charge < -0.3 is 9.47 Å². The van der Waals surface area contributed by atoms with Crippen molar-refractivity contribution in [3.8, 4) is 22.8 Å². The first kappa shape index (κ1) is 15.6. The van der Waals surface area contributed by atoms with Crippen LogP contribution in [0.5, 0.6) is 11.5 Å². The van der Waals surface area contributed by atoms with Gasteiger partial charge in [-0.1, -0.05) is 12.1 Å². The van der Waals surface area contributed by atoms with Gasteiger partial charge in [0.1, 0.15) is 6.10 Å². The molecule has 0 spiro atoms. The third-order valence-electron chi connectivity index (χ3n) is 3.81. The number of para-hydroxylation sites is 2. The summed E-state index contributed by atoms with van der Waals surface area (Å²) in [5, 5.41) is 5.22. The van der Waals surface area contributed by atoms with E-state index in [1.165, 1.54) is 11.3 Å². The highest BCUT2D eigenvalue weighted by molar-refractivity contribution is 7.14. The Kier molecular flexibility index (Phi) is 4.07. The first-order chi connectivity index (χ1) is 12.2. The molecule has 1 N–H and O–H groups in total. The quantitative estimate of drug-likeness (QED) is 0.781. The number of nitrogens with zero attached hydrogens (tertiary/aromatic N) is 2. The van der Waals surface area contributed by atoms with Gasteiger partial charge in [-0.05, 0) is 31.2 Å². The second-order valence-corrected chi connectivity index (χ2v) is 6.43. The minimum atomic E-state index is -0.733. The predicted octanol–water partition coefficient (Wildman–Crippen LogP) is 3.37. The Morgan fingerprint density at radius 2 is 1.84 bits per heavy atom. The number of fused-ring (bicyclic) bond motifs is 1. The SMILES string of the molecule is C[C@H]1Oc2ccccc2O[C@@H]1C(=O)Nc1nc(-c2ccncc2)cs1. The van der Waals surface area contributed by atoms with Crippen molar-refractivity contribution in [3.63, 3.8) is 0 Å². The highest BCUT2D eigenvalue weighted by Gasteiger charge is 2.34. The van der Waals surface area contributed by atoms with Crippen LogP contribution in [-0.4, -0.2) is 28.1 Å². The van der Waals surface area contributed by atoms with Gasteiger partial charge in [-0.3, -0.25) is 15.1 Å². The number of nitrogens with one attached hydrogen (secondary N) is 1. The van der Waals surface area contributed by atoms with E-state index in [-0.39, 0.29) is 5.91 Å². The lowest BCUT2D eigenvalue weighted by atomic mass is 10.1. The number of benzene rings is 1. The minimum Gasteiger partial charge on any atom is -0.482 e. The maximum atomic E-state index is 12.6. The number of carbonyl (C=O) groups excluding carboxylic acids is 1. The van der Waals surface area contributed by atoms with Gasteiger partial charge in [-0.2, -0.15) is 0 Å². The number of hydrogen-bond acceptors (Lipinski definition) is 6. The van der Waals surface area contributed by atoms with Crippen LogP contribution < -0.4 is 14.8 Å². The number of pyridine rings is 1. The van der Waals surface area contributed by atoms with Gasteiger partial charge in [0, 0.05) is 23.3 Å². The first-order valence-corrected chi connectivity index (χ1v) is 8.68. The van der Waals surface area contributed by atoms with E-state index in [9.17, 15) is 4.79 Å². The fourth-order valence-corrected chi connectivity index (χ4v) is 3.29. The molecule has 0 unspecified atom stereocenters. The van der Waals surface area contributed by atoms with Crippen LogP contribution in [0.15, 0.2) is 54.2 Å². The largest absolute Gasteiger partial charge is 0.482 e. The van der Waals surface area contributed by atoms with Crippen molar-refractivity contribution in [3.05, 3.63) is 54.2 Å². The van der Waals surface area contributed by atoms with Gasteiger partial charge in [0.15, 0.2) is 16.6 Å². The molecular formula is C18H15N3O3S. The van der Waals surface area contributed by atoms with Gasteiger partial charge in [-0.15, -0.1) is 11.3 Å². The van der Waals surface area contributed by atoms with Gasteiger partial charge >= 0.3 is 0 Å². The van der Waals surface area contributed by atoms with Gasteiger partial charge in [0.05, 0.1) is 5.69 Å². The number of anilines is 1. The molecule has 0 saturated carbocycles. The van der Waals surface area contributed by atoms with Gasteiger partial charge in [0.2, 0.25) is 6.10 Å². The van der Waals surface area contributed by atoms with E-state index in [0.29, 0.717) is 16.6 Å². The van der Waals surface area contributed by atoms with Crippen LogP contribution in [0.2, 0.25) is 0 Å². The number of aromatic nitrogens is 2. The van der Waals surface area contributed by atoms with Crippen molar-refractivity contribution in [2.45, 2.75) is 19.1 Å². The van der Waals surface area contributed by atoms with Crippen LogP contribution in [-0.2, 0) is 4.79 Å². The molecule has 1 aliphatic heterocycles. The van der Waals surface area contributed by atoms with Crippen molar-refractivity contribution < 1.29 is 14.3 Å². The van der Waals surface area contributed by atoms with Crippen LogP contribution in [0, 0.1) is 0 Å². The lowest BCUT2D eigenvalue weighted by Crippen LogP contribution is -2.46. The standard InChI is InChI=1S/C18H15N3O3S/c1-11-16(24-15-5-3-2-4-14(15)23-11)17(22)21-18-20-13(10-25-18)12-6-8-19-9-7-12/h2-11,16H,1H3,(H,20,21,22)/t11-,16+/m1/s1. The van der Waals surface area contributed by atoms with Crippen molar-refractivity contribution in [1.29, 1.82) is 0 Å². The average Bonchev–Trinajstić information content (AvgIpc) is 3.10. The zero-order chi connectivity index (χ0) is 17.2. The summed E-state index contributed by atoms with van der Waals surface area (Å²) in [4.78, 5) is 21.0. The smallest absolute Gasteiger partial charge is 0.271 e. The molecule has 3 heterocycles. The van der Waals surface area contributed by atoms with E-state index in [2.05, 4.69) is 15.3 Å². The zero-order valence-corrected chi connectivity index (χ0v) is 14.2. The van der Waals surface area contributed by atoms with Crippen LogP contribution in [0.1, 0.15) is 6.92 Å². The Morgan fingerprint density at radius 1 is 1.12 bits per heavy atom. The predicted molar refractivity (Wildman–Crippen MR) is 94.9 cm³/mol. The molecule has 3 aromatic rings.